The Bertz CT molecular complexity index is 1180. The summed E-state index contributed by atoms with van der Waals surface area (Å²) in [6.45, 7) is 0.284. The quantitative estimate of drug-likeness (QED) is 0.528. The van der Waals surface area contributed by atoms with Crippen LogP contribution in [0.5, 0.6) is 0 Å². The summed E-state index contributed by atoms with van der Waals surface area (Å²) in [6, 6.07) is 12.6. The van der Waals surface area contributed by atoms with Gasteiger partial charge in [0.15, 0.2) is 0 Å². The summed E-state index contributed by atoms with van der Waals surface area (Å²) in [5.74, 6) is -0.387. The molecule has 7 nitrogen and oxygen atoms in total. The number of benzene rings is 1. The number of nitrogens with one attached hydrogen (secondary N) is 1. The largest absolute Gasteiger partial charge is 0.350 e. The number of thiophene rings is 1. The van der Waals surface area contributed by atoms with Crippen LogP contribution in [0.2, 0.25) is 0 Å². The summed E-state index contributed by atoms with van der Waals surface area (Å²) < 4.78 is 19.6. The molecule has 0 unspecified atom stereocenters. The third kappa shape index (κ3) is 4.30. The second-order valence-electron chi connectivity index (χ2n) is 6.14. The Balaban J connectivity index is 1.51. The molecule has 0 saturated carbocycles. The molecule has 0 atom stereocenters. The second-order valence-corrected chi connectivity index (χ2v) is 7.17. The fourth-order valence-corrected chi connectivity index (χ4v) is 3.33. The highest BCUT2D eigenvalue weighted by atomic mass is 32.1. The zero-order chi connectivity index (χ0) is 20.2. The van der Waals surface area contributed by atoms with Crippen molar-refractivity contribution in [2.45, 2.75) is 13.1 Å². The van der Waals surface area contributed by atoms with Crippen molar-refractivity contribution in [2.24, 2.45) is 0 Å². The molecule has 1 amide bonds. The summed E-state index contributed by atoms with van der Waals surface area (Å²) in [5, 5.41) is 8.56. The first-order chi connectivity index (χ1) is 14.1. The number of pyridine rings is 1. The van der Waals surface area contributed by atoms with Gasteiger partial charge in [0, 0.05) is 16.6 Å². The van der Waals surface area contributed by atoms with Gasteiger partial charge in [0.2, 0.25) is 11.7 Å². The van der Waals surface area contributed by atoms with Crippen molar-refractivity contribution >= 4 is 17.2 Å². The molecular weight excluding hydrogens is 395 g/mol. The first-order valence-electron chi connectivity index (χ1n) is 8.69. The Morgan fingerprint density at radius 3 is 2.76 bits per heavy atom. The van der Waals surface area contributed by atoms with Gasteiger partial charge in [0.05, 0.1) is 6.54 Å². The maximum Gasteiger partial charge on any atom is 0.263 e. The molecule has 9 heteroatoms. The number of amides is 1. The Morgan fingerprint density at radius 1 is 1.17 bits per heavy atom. The lowest BCUT2D eigenvalue weighted by atomic mass is 10.2. The van der Waals surface area contributed by atoms with E-state index in [9.17, 15) is 14.0 Å². The van der Waals surface area contributed by atoms with Gasteiger partial charge < -0.3 is 14.4 Å². The van der Waals surface area contributed by atoms with Crippen molar-refractivity contribution in [3.8, 4) is 22.8 Å². The normalized spacial score (nSPS) is 10.8. The van der Waals surface area contributed by atoms with Crippen molar-refractivity contribution in [2.75, 3.05) is 0 Å². The van der Waals surface area contributed by atoms with Gasteiger partial charge in [-0.05, 0) is 47.8 Å². The van der Waals surface area contributed by atoms with Gasteiger partial charge in [-0.1, -0.05) is 11.2 Å². The van der Waals surface area contributed by atoms with E-state index < -0.39 is 5.56 Å². The van der Waals surface area contributed by atoms with E-state index in [0.717, 1.165) is 4.88 Å². The topological polar surface area (TPSA) is 90.0 Å². The maximum atomic E-state index is 13.1. The van der Waals surface area contributed by atoms with Crippen LogP contribution in [0.3, 0.4) is 0 Å². The number of hydrogen-bond acceptors (Lipinski definition) is 6. The van der Waals surface area contributed by atoms with E-state index in [2.05, 4.69) is 15.5 Å². The van der Waals surface area contributed by atoms with Crippen LogP contribution in [-0.4, -0.2) is 20.6 Å². The lowest BCUT2D eigenvalue weighted by molar-refractivity contribution is -0.121. The maximum absolute atomic E-state index is 13.1. The van der Waals surface area contributed by atoms with Gasteiger partial charge >= 0.3 is 0 Å². The Hall–Kier alpha value is -3.59. The van der Waals surface area contributed by atoms with Crippen LogP contribution in [0.15, 0.2) is 69.4 Å². The molecule has 0 fully saturated rings. The van der Waals surface area contributed by atoms with E-state index >= 15 is 0 Å². The number of hydrogen-bond donors (Lipinski definition) is 1. The van der Waals surface area contributed by atoms with Crippen molar-refractivity contribution in [3.05, 3.63) is 81.2 Å². The fraction of sp³-hybridized carbons (Fsp3) is 0.100. The summed E-state index contributed by atoms with van der Waals surface area (Å²) in [5.41, 5.74) is 0.318. The molecule has 4 aromatic rings. The number of halogens is 1. The molecule has 3 heterocycles. The van der Waals surface area contributed by atoms with E-state index in [4.69, 9.17) is 4.52 Å². The Morgan fingerprint density at radius 2 is 2.00 bits per heavy atom. The minimum atomic E-state index is -0.423. The predicted octanol–water partition coefficient (Wildman–Crippen LogP) is 3.08. The first-order valence-corrected chi connectivity index (χ1v) is 9.56. The van der Waals surface area contributed by atoms with Crippen LogP contribution in [0, 0.1) is 5.82 Å². The molecule has 1 N–H and O–H groups in total. The average Bonchev–Trinajstić information content (AvgIpc) is 3.41. The number of nitrogens with zero attached hydrogens (tertiary/aromatic N) is 3. The Kier molecular flexibility index (Phi) is 5.30. The van der Waals surface area contributed by atoms with E-state index in [0.29, 0.717) is 12.1 Å². The minimum absolute atomic E-state index is 0.0302. The molecule has 0 spiro atoms. The molecule has 0 aliphatic heterocycles. The van der Waals surface area contributed by atoms with Crippen LogP contribution >= 0.6 is 11.3 Å². The summed E-state index contributed by atoms with van der Waals surface area (Å²) in [7, 11) is 0. The fourth-order valence-electron chi connectivity index (χ4n) is 2.68. The molecular formula is C20H15FN4O3S. The second kappa shape index (κ2) is 8.19. The highest BCUT2D eigenvalue weighted by Gasteiger charge is 2.16. The van der Waals surface area contributed by atoms with E-state index in [1.54, 1.807) is 23.5 Å². The number of carbonyl (C=O) groups excluding carboxylic acids is 1. The SMILES string of the molecule is O=C(Cn1cccc(-c2nc(-c3ccc(F)cc3)no2)c1=O)NCc1cccs1. The molecule has 4 rings (SSSR count). The van der Waals surface area contributed by atoms with Gasteiger partial charge in [-0.25, -0.2) is 4.39 Å². The first kappa shape index (κ1) is 18.8. The lowest BCUT2D eigenvalue weighted by Gasteiger charge is -2.07. The van der Waals surface area contributed by atoms with Crippen molar-refractivity contribution in [1.29, 1.82) is 0 Å². The van der Waals surface area contributed by atoms with Crippen LogP contribution in [0.1, 0.15) is 4.88 Å². The van der Waals surface area contributed by atoms with Crippen molar-refractivity contribution < 1.29 is 13.7 Å². The summed E-state index contributed by atoms with van der Waals surface area (Å²) in [4.78, 5) is 30.2. The zero-order valence-corrected chi connectivity index (χ0v) is 15.9. The highest BCUT2D eigenvalue weighted by molar-refractivity contribution is 7.09. The molecule has 29 heavy (non-hydrogen) atoms. The van der Waals surface area contributed by atoms with E-state index in [1.807, 2.05) is 17.5 Å². The van der Waals surface area contributed by atoms with Crippen LogP contribution in [0.4, 0.5) is 4.39 Å². The van der Waals surface area contributed by atoms with Gasteiger partial charge in [-0.2, -0.15) is 4.98 Å². The van der Waals surface area contributed by atoms with Gasteiger partial charge in [0.25, 0.3) is 11.4 Å². The minimum Gasteiger partial charge on any atom is -0.350 e. The van der Waals surface area contributed by atoms with Crippen LogP contribution in [-0.2, 0) is 17.9 Å². The molecule has 0 aliphatic rings. The number of carbonyl (C=O) groups is 1. The van der Waals surface area contributed by atoms with Gasteiger partial charge in [-0.15, -0.1) is 11.3 Å². The highest BCUT2D eigenvalue weighted by Crippen LogP contribution is 2.20. The standard InChI is InChI=1S/C20H15FN4O3S/c21-14-7-5-13(6-8-14)18-23-19(28-24-18)16-4-1-9-25(20(16)27)12-17(26)22-11-15-3-2-10-29-15/h1-10H,11-12H2,(H,22,26). The van der Waals surface area contributed by atoms with Crippen molar-refractivity contribution in [1.82, 2.24) is 20.0 Å². The monoisotopic (exact) mass is 410 g/mol. The van der Waals surface area contributed by atoms with Gasteiger partial charge in [0.1, 0.15) is 17.9 Å². The molecule has 0 saturated heterocycles. The Labute approximate surface area is 168 Å². The third-order valence-corrected chi connectivity index (χ3v) is 5.01. The van der Waals surface area contributed by atoms with Crippen LogP contribution < -0.4 is 10.9 Å². The third-order valence-electron chi connectivity index (χ3n) is 4.13. The number of aromatic nitrogens is 3. The molecule has 0 radical (unpaired) electrons. The molecule has 0 aliphatic carbocycles. The smallest absolute Gasteiger partial charge is 0.263 e. The molecule has 0 bridgehead atoms. The summed E-state index contributed by atoms with van der Waals surface area (Å²) in [6.07, 6.45) is 1.52. The van der Waals surface area contributed by atoms with Gasteiger partial charge in [-0.3, -0.25) is 9.59 Å². The predicted molar refractivity (Wildman–Crippen MR) is 106 cm³/mol. The number of rotatable bonds is 6. The molecule has 146 valence electrons. The molecule has 3 aromatic heterocycles. The van der Waals surface area contributed by atoms with Crippen molar-refractivity contribution in [3.63, 3.8) is 0 Å². The summed E-state index contributed by atoms with van der Waals surface area (Å²) >= 11 is 1.54. The lowest BCUT2D eigenvalue weighted by Crippen LogP contribution is -2.32. The van der Waals surface area contributed by atoms with E-state index in [-0.39, 0.29) is 35.5 Å². The zero-order valence-electron chi connectivity index (χ0n) is 15.0. The van der Waals surface area contributed by atoms with Crippen LogP contribution in [0.25, 0.3) is 22.8 Å². The molecule has 1 aromatic carbocycles. The average molecular weight is 410 g/mol. The van der Waals surface area contributed by atoms with E-state index in [1.165, 1.54) is 35.0 Å².